The van der Waals surface area contributed by atoms with Gasteiger partial charge in [-0.15, -0.1) is 0 Å². The highest BCUT2D eigenvalue weighted by molar-refractivity contribution is 5.53. The van der Waals surface area contributed by atoms with E-state index < -0.39 is 0 Å². The van der Waals surface area contributed by atoms with Gasteiger partial charge in [-0.2, -0.15) is 0 Å². The van der Waals surface area contributed by atoms with Gasteiger partial charge in [-0.1, -0.05) is 18.2 Å². The zero-order chi connectivity index (χ0) is 11.6. The molecule has 0 aliphatic carbocycles. The van der Waals surface area contributed by atoms with Gasteiger partial charge in [0.25, 0.3) is 0 Å². The Bertz CT molecular complexity index is 357. The summed E-state index contributed by atoms with van der Waals surface area (Å²) in [6.45, 7) is 4.09. The lowest BCUT2D eigenvalue weighted by atomic mass is 9.89. The molecule has 88 valence electrons. The number of para-hydroxylation sites is 1. The number of anilines is 1. The van der Waals surface area contributed by atoms with E-state index in [4.69, 9.17) is 5.73 Å². The number of hydrogen-bond donors (Lipinski definition) is 2. The first-order chi connectivity index (χ1) is 7.64. The Labute approximate surface area is 96.9 Å². The van der Waals surface area contributed by atoms with Crippen LogP contribution in [0.2, 0.25) is 0 Å². The molecule has 1 saturated heterocycles. The third-order valence-corrected chi connectivity index (χ3v) is 3.53. The van der Waals surface area contributed by atoms with Gasteiger partial charge in [-0.3, -0.25) is 0 Å². The number of aliphatic hydroxyl groups is 1. The third-order valence-electron chi connectivity index (χ3n) is 3.53. The molecule has 0 radical (unpaired) electrons. The molecule has 0 atom stereocenters. The quantitative estimate of drug-likeness (QED) is 0.789. The molecule has 0 spiro atoms. The van der Waals surface area contributed by atoms with Gasteiger partial charge in [0.05, 0.1) is 6.61 Å². The number of piperidine rings is 1. The van der Waals surface area contributed by atoms with Gasteiger partial charge in [0.1, 0.15) is 0 Å². The van der Waals surface area contributed by atoms with Gasteiger partial charge < -0.3 is 15.7 Å². The van der Waals surface area contributed by atoms with Crippen molar-refractivity contribution in [1.29, 1.82) is 0 Å². The number of benzene rings is 1. The minimum absolute atomic E-state index is 0.0919. The number of nitrogens with zero attached hydrogens (tertiary/aromatic N) is 1. The van der Waals surface area contributed by atoms with Gasteiger partial charge in [0.2, 0.25) is 0 Å². The molecule has 1 aromatic rings. The zero-order valence-electron chi connectivity index (χ0n) is 9.82. The summed E-state index contributed by atoms with van der Waals surface area (Å²) in [5, 5.41) is 9.22. The van der Waals surface area contributed by atoms with E-state index in [1.54, 1.807) is 0 Å². The molecule has 1 fully saturated rings. The Kier molecular flexibility index (Phi) is 3.17. The van der Waals surface area contributed by atoms with Gasteiger partial charge in [0.15, 0.2) is 0 Å². The second-order valence-corrected chi connectivity index (χ2v) is 4.79. The molecule has 1 aliphatic heterocycles. The molecule has 3 nitrogen and oxygen atoms in total. The van der Waals surface area contributed by atoms with Crippen molar-refractivity contribution in [3.63, 3.8) is 0 Å². The molecule has 0 bridgehead atoms. The van der Waals surface area contributed by atoms with E-state index in [2.05, 4.69) is 36.1 Å². The molecule has 0 unspecified atom stereocenters. The predicted octanol–water partition coefficient (Wildman–Crippen LogP) is 1.29. The first-order valence-corrected chi connectivity index (χ1v) is 5.85. The highest BCUT2D eigenvalue weighted by Crippen LogP contribution is 2.26. The van der Waals surface area contributed by atoms with Crippen molar-refractivity contribution in [3.05, 3.63) is 29.8 Å². The molecule has 1 aliphatic rings. The molecule has 0 aromatic heterocycles. The van der Waals surface area contributed by atoms with E-state index >= 15 is 0 Å². The second-order valence-electron chi connectivity index (χ2n) is 4.79. The van der Waals surface area contributed by atoms with E-state index in [0.29, 0.717) is 0 Å². The molecule has 2 rings (SSSR count). The lowest BCUT2D eigenvalue weighted by Gasteiger charge is -2.39. The fourth-order valence-electron chi connectivity index (χ4n) is 2.27. The van der Waals surface area contributed by atoms with Crippen LogP contribution in [0.15, 0.2) is 24.3 Å². The zero-order valence-corrected chi connectivity index (χ0v) is 9.82. The molecular formula is C13H20N2O. The average molecular weight is 220 g/mol. The van der Waals surface area contributed by atoms with Crippen LogP contribution in [0.25, 0.3) is 0 Å². The van der Waals surface area contributed by atoms with Gasteiger partial charge in [0, 0.05) is 24.3 Å². The Morgan fingerprint density at radius 1 is 1.31 bits per heavy atom. The third kappa shape index (κ3) is 2.20. The summed E-state index contributed by atoms with van der Waals surface area (Å²) in [7, 11) is 0. The molecule has 1 aromatic carbocycles. The summed E-state index contributed by atoms with van der Waals surface area (Å²) in [6.07, 6.45) is 1.72. The Morgan fingerprint density at radius 3 is 2.50 bits per heavy atom. The minimum atomic E-state index is -0.362. The van der Waals surface area contributed by atoms with Crippen molar-refractivity contribution in [3.8, 4) is 0 Å². The fraction of sp³-hybridized carbons (Fsp3) is 0.538. The van der Waals surface area contributed by atoms with Crippen molar-refractivity contribution in [2.75, 3.05) is 24.6 Å². The van der Waals surface area contributed by atoms with Crippen LogP contribution in [-0.2, 0) is 0 Å². The van der Waals surface area contributed by atoms with Crippen molar-refractivity contribution in [1.82, 2.24) is 0 Å². The number of aryl methyl sites for hydroxylation is 1. The molecule has 3 heteroatoms. The maximum atomic E-state index is 9.22. The molecule has 0 amide bonds. The summed E-state index contributed by atoms with van der Waals surface area (Å²) in [5.41, 5.74) is 8.29. The normalized spacial score (nSPS) is 19.8. The topological polar surface area (TPSA) is 49.5 Å². The fourth-order valence-corrected chi connectivity index (χ4v) is 2.27. The SMILES string of the molecule is Cc1ccccc1N1CCC(N)(CO)CC1. The summed E-state index contributed by atoms with van der Waals surface area (Å²) in [6, 6.07) is 8.41. The van der Waals surface area contributed by atoms with Gasteiger partial charge in [-0.25, -0.2) is 0 Å². The monoisotopic (exact) mass is 220 g/mol. The molecule has 0 saturated carbocycles. The Morgan fingerprint density at radius 2 is 1.94 bits per heavy atom. The maximum absolute atomic E-state index is 9.22. The molecular weight excluding hydrogens is 200 g/mol. The van der Waals surface area contributed by atoms with E-state index in [-0.39, 0.29) is 12.1 Å². The number of aliphatic hydroxyl groups excluding tert-OH is 1. The van der Waals surface area contributed by atoms with E-state index in [1.165, 1.54) is 11.3 Å². The van der Waals surface area contributed by atoms with Crippen molar-refractivity contribution in [2.45, 2.75) is 25.3 Å². The lowest BCUT2D eigenvalue weighted by molar-refractivity contribution is 0.170. The molecule has 16 heavy (non-hydrogen) atoms. The van der Waals surface area contributed by atoms with Crippen LogP contribution in [0.4, 0.5) is 5.69 Å². The summed E-state index contributed by atoms with van der Waals surface area (Å²) in [5.74, 6) is 0. The van der Waals surface area contributed by atoms with E-state index in [0.717, 1.165) is 25.9 Å². The lowest BCUT2D eigenvalue weighted by Crippen LogP contribution is -2.53. The van der Waals surface area contributed by atoms with Crippen molar-refractivity contribution < 1.29 is 5.11 Å². The largest absolute Gasteiger partial charge is 0.394 e. The summed E-state index contributed by atoms with van der Waals surface area (Å²) >= 11 is 0. The standard InChI is InChI=1S/C13H20N2O/c1-11-4-2-3-5-12(11)15-8-6-13(14,10-16)7-9-15/h2-5,16H,6-10,14H2,1H3. The maximum Gasteiger partial charge on any atom is 0.0612 e. The Balaban J connectivity index is 2.07. The summed E-state index contributed by atoms with van der Waals surface area (Å²) < 4.78 is 0. The highest BCUT2D eigenvalue weighted by Gasteiger charge is 2.30. The minimum Gasteiger partial charge on any atom is -0.394 e. The Hall–Kier alpha value is -1.06. The van der Waals surface area contributed by atoms with Crippen LogP contribution in [-0.4, -0.2) is 30.3 Å². The van der Waals surface area contributed by atoms with Gasteiger partial charge >= 0.3 is 0 Å². The number of nitrogens with two attached hydrogens (primary N) is 1. The van der Waals surface area contributed by atoms with Crippen molar-refractivity contribution >= 4 is 5.69 Å². The van der Waals surface area contributed by atoms with E-state index in [9.17, 15) is 5.11 Å². The number of rotatable bonds is 2. The smallest absolute Gasteiger partial charge is 0.0612 e. The van der Waals surface area contributed by atoms with E-state index in [1.807, 2.05) is 0 Å². The first-order valence-electron chi connectivity index (χ1n) is 5.85. The van der Waals surface area contributed by atoms with Crippen LogP contribution in [0.3, 0.4) is 0 Å². The molecule has 3 N–H and O–H groups in total. The second kappa shape index (κ2) is 4.44. The van der Waals surface area contributed by atoms with Gasteiger partial charge in [-0.05, 0) is 31.4 Å². The van der Waals surface area contributed by atoms with Crippen molar-refractivity contribution in [2.24, 2.45) is 5.73 Å². The number of hydrogen-bond acceptors (Lipinski definition) is 3. The van der Waals surface area contributed by atoms with Crippen LogP contribution < -0.4 is 10.6 Å². The van der Waals surface area contributed by atoms with Crippen LogP contribution in [0.5, 0.6) is 0 Å². The predicted molar refractivity (Wildman–Crippen MR) is 66.6 cm³/mol. The van der Waals surface area contributed by atoms with Crippen LogP contribution in [0.1, 0.15) is 18.4 Å². The summed E-state index contributed by atoms with van der Waals surface area (Å²) in [4.78, 5) is 2.36. The van der Waals surface area contributed by atoms with Crippen LogP contribution in [0, 0.1) is 6.92 Å². The first kappa shape index (κ1) is 11.4. The molecule has 1 heterocycles. The highest BCUT2D eigenvalue weighted by atomic mass is 16.3. The van der Waals surface area contributed by atoms with Crippen LogP contribution >= 0.6 is 0 Å². The average Bonchev–Trinajstić information content (AvgIpc) is 2.31.